The molecule has 362 valence electrons. The van der Waals surface area contributed by atoms with E-state index in [-0.39, 0.29) is 29.2 Å². The van der Waals surface area contributed by atoms with Gasteiger partial charge in [0.2, 0.25) is 12.3 Å². The summed E-state index contributed by atoms with van der Waals surface area (Å²) < 4.78 is 57.8. The third-order valence-electron chi connectivity index (χ3n) is 13.9. The highest BCUT2D eigenvalue weighted by Crippen LogP contribution is 2.41. The molecule has 19 heteroatoms. The van der Waals surface area contributed by atoms with E-state index in [4.69, 9.17) is 4.98 Å². The van der Waals surface area contributed by atoms with Gasteiger partial charge in [-0.2, -0.15) is 13.2 Å². The molecule has 2 aromatic carbocycles. The number of nitrogens with zero attached hydrogens (tertiary/aromatic N) is 8. The van der Waals surface area contributed by atoms with E-state index in [0.29, 0.717) is 97.5 Å². The zero-order valence-electron chi connectivity index (χ0n) is 38.8. The molecule has 4 aliphatic rings. The molecule has 1 aliphatic carbocycles. The summed E-state index contributed by atoms with van der Waals surface area (Å²) in [6.45, 7) is 10.1. The van der Waals surface area contributed by atoms with Crippen molar-refractivity contribution in [3.05, 3.63) is 117 Å². The Kier molecular flexibility index (Phi) is 12.7. The van der Waals surface area contributed by atoms with Crippen molar-refractivity contribution in [3.8, 4) is 11.3 Å². The van der Waals surface area contributed by atoms with Crippen molar-refractivity contribution in [2.45, 2.75) is 77.9 Å². The van der Waals surface area contributed by atoms with Crippen LogP contribution < -0.4 is 30.9 Å². The average Bonchev–Trinajstić information content (AvgIpc) is 3.81. The molecule has 1 atom stereocenters. The first-order valence-electron chi connectivity index (χ1n) is 23.1. The Bertz CT molecular complexity index is 2920. The predicted octanol–water partition coefficient (Wildman–Crippen LogP) is 6.29. The molecule has 2 fully saturated rings. The van der Waals surface area contributed by atoms with Crippen molar-refractivity contribution in [1.29, 1.82) is 0 Å². The number of rotatable bonds is 11. The monoisotopic (exact) mass is 950 g/mol. The predicted molar refractivity (Wildman–Crippen MR) is 254 cm³/mol. The average molecular weight is 951 g/mol. The number of hydrogen-bond donors (Lipinski definition) is 3. The van der Waals surface area contributed by atoms with Gasteiger partial charge in [-0.1, -0.05) is 13.8 Å². The highest BCUT2D eigenvalue weighted by atomic mass is 19.4. The largest absolute Gasteiger partial charge is 0.419 e. The Hall–Kier alpha value is -6.86. The number of hydrogen-bond acceptors (Lipinski definition) is 11. The van der Waals surface area contributed by atoms with Crippen LogP contribution in [0.3, 0.4) is 0 Å². The SMILES string of the molecule is C[C@H]1CN(C2CCN(c3ccc(F)c(C(F)(F)F)c3)CC2)CCN1c1ccc(Nc2nc(-c3ccnc(N4CCn5c(cc6c5CC(C)(C)C6)C4=O)c3CO)cn(C)c2=O)cc1C=CC(=O)NC=O. The van der Waals surface area contributed by atoms with Crippen LogP contribution in [0.5, 0.6) is 0 Å². The number of imide groups is 1. The quantitative estimate of drug-likeness (QED) is 0.0776. The van der Waals surface area contributed by atoms with Gasteiger partial charge >= 0.3 is 6.18 Å². The molecular formula is C50H54F4N10O5. The van der Waals surface area contributed by atoms with E-state index in [9.17, 15) is 41.8 Å². The fraction of sp³-hybridized carbons (Fsp3) is 0.400. The summed E-state index contributed by atoms with van der Waals surface area (Å²) >= 11 is 0. The molecular weight excluding hydrogens is 897 g/mol. The number of aliphatic hydroxyl groups excluding tert-OH is 1. The van der Waals surface area contributed by atoms with Crippen molar-refractivity contribution < 1.29 is 37.1 Å². The lowest BCUT2D eigenvalue weighted by Crippen LogP contribution is -2.57. The van der Waals surface area contributed by atoms with Crippen LogP contribution >= 0.6 is 0 Å². The molecule has 0 saturated carbocycles. The van der Waals surface area contributed by atoms with E-state index in [1.54, 1.807) is 48.6 Å². The van der Waals surface area contributed by atoms with Crippen LogP contribution in [-0.2, 0) is 48.8 Å². The summed E-state index contributed by atoms with van der Waals surface area (Å²) in [5.74, 6) is -1.82. The molecule has 3 aliphatic heterocycles. The van der Waals surface area contributed by atoms with Crippen LogP contribution in [0.1, 0.15) is 72.0 Å². The maximum atomic E-state index is 14.0. The van der Waals surface area contributed by atoms with Crippen LogP contribution in [-0.4, -0.2) is 98.7 Å². The molecule has 5 aromatic rings. The number of aromatic nitrogens is 4. The summed E-state index contributed by atoms with van der Waals surface area (Å²) in [6.07, 6.45) is 4.71. The van der Waals surface area contributed by atoms with Gasteiger partial charge in [-0.05, 0) is 98.2 Å². The number of benzene rings is 2. The van der Waals surface area contributed by atoms with Crippen LogP contribution in [0.15, 0.2) is 71.8 Å². The second-order valence-electron chi connectivity index (χ2n) is 19.1. The minimum Gasteiger partial charge on any atom is -0.392 e. The van der Waals surface area contributed by atoms with Crippen LogP contribution in [0, 0.1) is 11.2 Å². The number of piperidine rings is 1. The Labute approximate surface area is 396 Å². The van der Waals surface area contributed by atoms with Crippen LogP contribution in [0.4, 0.5) is 46.3 Å². The molecule has 0 radical (unpaired) electrons. The van der Waals surface area contributed by atoms with Gasteiger partial charge in [-0.15, -0.1) is 0 Å². The summed E-state index contributed by atoms with van der Waals surface area (Å²) in [5, 5.41) is 16.1. The maximum Gasteiger partial charge on any atom is 0.419 e. The van der Waals surface area contributed by atoms with Gasteiger partial charge in [0, 0.05) is 123 Å². The number of halogens is 4. The third-order valence-corrected chi connectivity index (χ3v) is 13.9. The fourth-order valence-electron chi connectivity index (χ4n) is 10.6. The molecule has 3 aromatic heterocycles. The van der Waals surface area contributed by atoms with E-state index >= 15 is 0 Å². The summed E-state index contributed by atoms with van der Waals surface area (Å²) in [4.78, 5) is 68.7. The first-order chi connectivity index (χ1) is 32.9. The molecule has 9 rings (SSSR count). The summed E-state index contributed by atoms with van der Waals surface area (Å²) in [6, 6.07) is 12.5. The lowest BCUT2D eigenvalue weighted by atomic mass is 9.90. The lowest BCUT2D eigenvalue weighted by Gasteiger charge is -2.47. The molecule has 2 saturated heterocycles. The Balaban J connectivity index is 0.932. The minimum absolute atomic E-state index is 0.00601. The topological polar surface area (TPSA) is 161 Å². The molecule has 15 nitrogen and oxygen atoms in total. The van der Waals surface area contributed by atoms with E-state index in [1.165, 1.54) is 28.0 Å². The maximum absolute atomic E-state index is 14.0. The van der Waals surface area contributed by atoms with Crippen LogP contribution in [0.2, 0.25) is 0 Å². The number of aryl methyl sites for hydroxylation is 1. The van der Waals surface area contributed by atoms with Crippen molar-refractivity contribution >= 4 is 53.0 Å². The van der Waals surface area contributed by atoms with Gasteiger partial charge in [-0.25, -0.2) is 14.4 Å². The van der Waals surface area contributed by atoms with Crippen molar-refractivity contribution in [3.63, 3.8) is 0 Å². The zero-order valence-corrected chi connectivity index (χ0v) is 38.8. The number of amides is 3. The first-order valence-corrected chi connectivity index (χ1v) is 23.1. The lowest BCUT2D eigenvalue weighted by molar-refractivity contribution is -0.140. The van der Waals surface area contributed by atoms with Gasteiger partial charge in [0.15, 0.2) is 5.82 Å². The molecule has 3 amide bonds. The van der Waals surface area contributed by atoms with E-state index in [0.717, 1.165) is 43.5 Å². The fourth-order valence-corrected chi connectivity index (χ4v) is 10.6. The molecule has 0 unspecified atom stereocenters. The van der Waals surface area contributed by atoms with Gasteiger partial charge < -0.3 is 29.4 Å². The molecule has 6 heterocycles. The number of carbonyl (C=O) groups is 3. The minimum atomic E-state index is -4.78. The Morgan fingerprint density at radius 3 is 2.49 bits per heavy atom. The van der Waals surface area contributed by atoms with Crippen molar-refractivity contribution in [1.82, 2.24) is 29.3 Å². The zero-order chi connectivity index (χ0) is 48.9. The molecule has 3 N–H and O–H groups in total. The smallest absolute Gasteiger partial charge is 0.392 e. The number of carbonyl (C=O) groups excluding carboxylic acids is 3. The van der Waals surface area contributed by atoms with Gasteiger partial charge in [-0.3, -0.25) is 34.3 Å². The van der Waals surface area contributed by atoms with Gasteiger partial charge in [0.25, 0.3) is 11.5 Å². The second-order valence-corrected chi connectivity index (χ2v) is 19.1. The van der Waals surface area contributed by atoms with E-state index in [2.05, 4.69) is 50.8 Å². The first kappa shape index (κ1) is 47.2. The Morgan fingerprint density at radius 2 is 1.77 bits per heavy atom. The number of anilines is 5. The van der Waals surface area contributed by atoms with Crippen molar-refractivity contribution in [2.75, 3.05) is 59.3 Å². The standard InChI is InChI=1S/C50H54F4N10O5/c1-30-26-61(34-12-15-60(16-13-34)35-7-8-39(51)38(23-35)50(52,53)54)17-18-62(30)41-9-6-33(21-31(41)5-10-44(67)56-29-66)57-45-48(69)59(4)27-40(58-45)36-11-14-55-46(37(36)28-65)64-20-19-63-42(47(64)68)22-32-24-49(2,3)25-43(32)63/h5-11,14,21-23,27,29-30,34,65H,12-13,15-20,24-26,28H2,1-4H3,(H,57,58)(H,56,66,67)/t30-/m0/s1. The highest BCUT2D eigenvalue weighted by Gasteiger charge is 2.39. The molecule has 0 spiro atoms. The summed E-state index contributed by atoms with van der Waals surface area (Å²) in [5.41, 5.74) is 4.89. The number of aliphatic hydroxyl groups is 1. The summed E-state index contributed by atoms with van der Waals surface area (Å²) in [7, 11) is 1.59. The van der Waals surface area contributed by atoms with Gasteiger partial charge in [0.1, 0.15) is 17.3 Å². The van der Waals surface area contributed by atoms with Crippen molar-refractivity contribution in [2.24, 2.45) is 12.5 Å². The van der Waals surface area contributed by atoms with E-state index < -0.39 is 35.6 Å². The number of nitrogens with one attached hydrogen (secondary N) is 2. The second kappa shape index (κ2) is 18.6. The normalized spacial score (nSPS) is 18.7. The van der Waals surface area contributed by atoms with E-state index in [1.807, 2.05) is 17.0 Å². The molecule has 0 bridgehead atoms. The van der Waals surface area contributed by atoms with Crippen LogP contribution in [0.25, 0.3) is 17.3 Å². The highest BCUT2D eigenvalue weighted by molar-refractivity contribution is 6.06. The number of fused-ring (bicyclic) bond motifs is 3. The molecule has 69 heavy (non-hydrogen) atoms. The Morgan fingerprint density at radius 1 is 0.986 bits per heavy atom. The third kappa shape index (κ3) is 9.36. The number of piperazine rings is 1. The van der Waals surface area contributed by atoms with Gasteiger partial charge in [0.05, 0.1) is 17.9 Å². The number of alkyl halides is 3. The number of pyridine rings is 1.